The average Bonchev–Trinajstić information content (AvgIpc) is 2.68. The Kier molecular flexibility index (Phi) is 5.10. The lowest BCUT2D eigenvalue weighted by Crippen LogP contribution is -2.16. The first-order valence-corrected chi connectivity index (χ1v) is 8.25. The summed E-state index contributed by atoms with van der Waals surface area (Å²) in [5, 5.41) is 0.213. The van der Waals surface area contributed by atoms with E-state index < -0.39 is 34.8 Å². The molecule has 0 bridgehead atoms. The second-order valence-corrected chi connectivity index (χ2v) is 6.27. The summed E-state index contributed by atoms with van der Waals surface area (Å²) in [5.74, 6) is -5.89. The van der Waals surface area contributed by atoms with Gasteiger partial charge in [0.1, 0.15) is 17.2 Å². The van der Waals surface area contributed by atoms with Crippen molar-refractivity contribution < 1.29 is 27.4 Å². The molecular formula is C19H17F3N4O3. The number of hydrogen-bond acceptors (Lipinski definition) is 6. The molecule has 2 aromatic carbocycles. The maximum absolute atomic E-state index is 14.9. The number of pyridine rings is 1. The number of rotatable bonds is 5. The minimum absolute atomic E-state index is 0.0104. The van der Waals surface area contributed by atoms with Crippen LogP contribution < -0.4 is 25.8 Å². The van der Waals surface area contributed by atoms with Gasteiger partial charge < -0.3 is 25.8 Å². The predicted molar refractivity (Wildman–Crippen MR) is 102 cm³/mol. The van der Waals surface area contributed by atoms with Gasteiger partial charge in [-0.3, -0.25) is 9.78 Å². The predicted octanol–water partition coefficient (Wildman–Crippen LogP) is 3.20. The van der Waals surface area contributed by atoms with Crippen LogP contribution in [0.3, 0.4) is 0 Å². The molecule has 4 N–H and O–H groups in total. The van der Waals surface area contributed by atoms with Crippen molar-refractivity contribution in [2.45, 2.75) is 0 Å². The highest BCUT2D eigenvalue weighted by molar-refractivity contribution is 6.01. The lowest BCUT2D eigenvalue weighted by Gasteiger charge is -2.20. The maximum Gasteiger partial charge on any atom is 0.252 e. The van der Waals surface area contributed by atoms with Gasteiger partial charge in [-0.15, -0.1) is 0 Å². The zero-order valence-electron chi connectivity index (χ0n) is 15.7. The molecule has 0 saturated heterocycles. The van der Waals surface area contributed by atoms with Crippen molar-refractivity contribution >= 4 is 28.2 Å². The van der Waals surface area contributed by atoms with E-state index in [2.05, 4.69) is 4.98 Å². The standard InChI is InChI=1S/C19H17F3N4O3/c1-26(2)17-15(22)18(14(21)13(20)16(17)23)29-11-4-5-25-10-7-12(28-3)9(19(24)27)6-8(10)11/h4-7H,23H2,1-3H3,(H2,24,27). The third kappa shape index (κ3) is 3.33. The molecule has 3 rings (SSSR count). The molecule has 0 saturated carbocycles. The Morgan fingerprint density at radius 1 is 1.10 bits per heavy atom. The van der Waals surface area contributed by atoms with E-state index in [9.17, 15) is 18.0 Å². The van der Waals surface area contributed by atoms with Crippen molar-refractivity contribution in [3.05, 3.63) is 47.4 Å². The first-order valence-electron chi connectivity index (χ1n) is 8.25. The number of carbonyl (C=O) groups is 1. The Labute approximate surface area is 163 Å². The van der Waals surface area contributed by atoms with Gasteiger partial charge in [-0.05, 0) is 12.1 Å². The molecule has 0 aliphatic carbocycles. The second kappa shape index (κ2) is 7.38. The molecule has 29 heavy (non-hydrogen) atoms. The molecular weight excluding hydrogens is 389 g/mol. The molecule has 3 aromatic rings. The fraction of sp³-hybridized carbons (Fsp3) is 0.158. The van der Waals surface area contributed by atoms with Crippen molar-refractivity contribution in [1.29, 1.82) is 0 Å². The molecule has 10 heteroatoms. The summed E-state index contributed by atoms with van der Waals surface area (Å²) in [6.45, 7) is 0. The summed E-state index contributed by atoms with van der Waals surface area (Å²) in [4.78, 5) is 17.0. The number of anilines is 2. The Balaban J connectivity index is 2.24. The molecule has 0 radical (unpaired) electrons. The Bertz CT molecular complexity index is 1140. The number of amides is 1. The SMILES string of the molecule is COc1cc2nccc(Oc3c(F)c(F)c(N)c(N(C)C)c3F)c2cc1C(N)=O. The first-order chi connectivity index (χ1) is 13.7. The van der Waals surface area contributed by atoms with Gasteiger partial charge >= 0.3 is 0 Å². The van der Waals surface area contributed by atoms with Crippen LogP contribution in [0.15, 0.2) is 24.4 Å². The van der Waals surface area contributed by atoms with Crippen molar-refractivity contribution in [3.63, 3.8) is 0 Å². The minimum atomic E-state index is -1.58. The van der Waals surface area contributed by atoms with Crippen molar-refractivity contribution in [3.8, 4) is 17.2 Å². The Morgan fingerprint density at radius 2 is 1.79 bits per heavy atom. The van der Waals surface area contributed by atoms with Crippen LogP contribution >= 0.6 is 0 Å². The lowest BCUT2D eigenvalue weighted by atomic mass is 10.1. The molecule has 0 fully saturated rings. The Hall–Kier alpha value is -3.69. The quantitative estimate of drug-likeness (QED) is 0.498. The number of halogens is 3. The second-order valence-electron chi connectivity index (χ2n) is 6.27. The van der Waals surface area contributed by atoms with Crippen LogP contribution in [0.25, 0.3) is 10.9 Å². The van der Waals surface area contributed by atoms with Gasteiger partial charge in [-0.25, -0.2) is 8.78 Å². The summed E-state index contributed by atoms with van der Waals surface area (Å²) in [7, 11) is 4.19. The lowest BCUT2D eigenvalue weighted by molar-refractivity contribution is 0.0997. The molecule has 0 atom stereocenters. The van der Waals surface area contributed by atoms with Crippen LogP contribution in [0.2, 0.25) is 0 Å². The van der Waals surface area contributed by atoms with Gasteiger partial charge in [0, 0.05) is 31.7 Å². The van der Waals surface area contributed by atoms with E-state index in [-0.39, 0.29) is 28.1 Å². The van der Waals surface area contributed by atoms with Gasteiger partial charge in [0.25, 0.3) is 5.91 Å². The number of hydrogen-bond donors (Lipinski definition) is 2. The first kappa shape index (κ1) is 20.1. The smallest absolute Gasteiger partial charge is 0.252 e. The number of nitrogens with zero attached hydrogens (tertiary/aromatic N) is 2. The van der Waals surface area contributed by atoms with Gasteiger partial charge in [-0.2, -0.15) is 4.39 Å². The van der Waals surface area contributed by atoms with Gasteiger partial charge in [0.05, 0.1) is 23.9 Å². The monoisotopic (exact) mass is 406 g/mol. The number of benzene rings is 2. The molecule has 1 aromatic heterocycles. The third-order valence-corrected chi connectivity index (χ3v) is 4.24. The van der Waals surface area contributed by atoms with Crippen LogP contribution in [0, 0.1) is 17.5 Å². The van der Waals surface area contributed by atoms with Crippen LogP contribution in [-0.2, 0) is 0 Å². The van der Waals surface area contributed by atoms with Crippen LogP contribution in [-0.4, -0.2) is 32.1 Å². The maximum atomic E-state index is 14.9. The third-order valence-electron chi connectivity index (χ3n) is 4.24. The number of nitrogens with two attached hydrogens (primary N) is 2. The van der Waals surface area contributed by atoms with Crippen molar-refractivity contribution in [2.75, 3.05) is 31.8 Å². The van der Waals surface area contributed by atoms with E-state index in [0.29, 0.717) is 5.52 Å². The number of carbonyl (C=O) groups excluding carboxylic acids is 1. The molecule has 0 spiro atoms. The van der Waals surface area contributed by atoms with Crippen LogP contribution in [0.4, 0.5) is 24.5 Å². The van der Waals surface area contributed by atoms with Crippen molar-refractivity contribution in [1.82, 2.24) is 4.98 Å². The topological polar surface area (TPSA) is 104 Å². The minimum Gasteiger partial charge on any atom is -0.496 e. The van der Waals surface area contributed by atoms with Gasteiger partial charge in [0.15, 0.2) is 11.6 Å². The normalized spacial score (nSPS) is 10.8. The summed E-state index contributed by atoms with van der Waals surface area (Å²) >= 11 is 0. The fourth-order valence-corrected chi connectivity index (χ4v) is 2.88. The van der Waals surface area contributed by atoms with Crippen LogP contribution in [0.1, 0.15) is 10.4 Å². The summed E-state index contributed by atoms with van der Waals surface area (Å²) in [6, 6.07) is 4.04. The molecule has 7 nitrogen and oxygen atoms in total. The molecule has 0 unspecified atom stereocenters. The number of methoxy groups -OCH3 is 1. The van der Waals surface area contributed by atoms with E-state index in [1.807, 2.05) is 0 Å². The number of nitrogen functional groups attached to an aromatic ring is 1. The van der Waals surface area contributed by atoms with Gasteiger partial charge in [0.2, 0.25) is 11.6 Å². The highest BCUT2D eigenvalue weighted by Gasteiger charge is 2.27. The number of fused-ring (bicyclic) bond motifs is 1. The molecule has 1 amide bonds. The Morgan fingerprint density at radius 3 is 2.38 bits per heavy atom. The van der Waals surface area contributed by atoms with E-state index >= 15 is 0 Å². The zero-order chi connectivity index (χ0) is 21.5. The highest BCUT2D eigenvalue weighted by Crippen LogP contribution is 2.41. The van der Waals surface area contributed by atoms with E-state index in [1.54, 1.807) is 0 Å². The summed E-state index contributed by atoms with van der Waals surface area (Å²) in [6.07, 6.45) is 1.32. The summed E-state index contributed by atoms with van der Waals surface area (Å²) in [5.41, 5.74) is 10.1. The van der Waals surface area contributed by atoms with Crippen molar-refractivity contribution in [2.24, 2.45) is 5.73 Å². The molecule has 0 aliphatic heterocycles. The van der Waals surface area contributed by atoms with Gasteiger partial charge in [-0.1, -0.05) is 0 Å². The molecule has 0 aliphatic rings. The van der Waals surface area contributed by atoms with E-state index in [4.69, 9.17) is 20.9 Å². The fourth-order valence-electron chi connectivity index (χ4n) is 2.88. The number of ether oxygens (including phenoxy) is 2. The van der Waals surface area contributed by atoms with E-state index in [1.165, 1.54) is 50.5 Å². The van der Waals surface area contributed by atoms with Crippen LogP contribution in [0.5, 0.6) is 17.2 Å². The van der Waals surface area contributed by atoms with E-state index in [0.717, 1.165) is 0 Å². The highest BCUT2D eigenvalue weighted by atomic mass is 19.2. The largest absolute Gasteiger partial charge is 0.496 e. The summed E-state index contributed by atoms with van der Waals surface area (Å²) < 4.78 is 54.0. The molecule has 1 heterocycles. The zero-order valence-corrected chi connectivity index (χ0v) is 15.7. The number of aromatic nitrogens is 1. The number of primary amides is 1. The molecule has 152 valence electrons. The average molecular weight is 406 g/mol.